The number of aromatic hydroxyl groups is 1. The third-order valence-electron chi connectivity index (χ3n) is 7.31. The van der Waals surface area contributed by atoms with Gasteiger partial charge in [0.1, 0.15) is 5.75 Å². The van der Waals surface area contributed by atoms with E-state index in [1.807, 2.05) is 4.90 Å². The summed E-state index contributed by atoms with van der Waals surface area (Å²) in [6.45, 7) is 0.280. The first kappa shape index (κ1) is 23.1. The van der Waals surface area contributed by atoms with Crippen molar-refractivity contribution in [1.82, 2.24) is 5.32 Å². The summed E-state index contributed by atoms with van der Waals surface area (Å²) in [5.74, 6) is -9.99. The van der Waals surface area contributed by atoms with Crippen molar-refractivity contribution in [1.29, 1.82) is 0 Å². The zero-order valence-corrected chi connectivity index (χ0v) is 18.7. The lowest BCUT2D eigenvalue weighted by atomic mass is 9.53. The van der Waals surface area contributed by atoms with E-state index in [2.05, 4.69) is 5.32 Å². The van der Waals surface area contributed by atoms with Gasteiger partial charge in [0, 0.05) is 44.2 Å². The number of phenolic OH excluding ortho intramolecular Hbond substituents is 1. The van der Waals surface area contributed by atoms with E-state index >= 15 is 0 Å². The number of anilines is 1. The quantitative estimate of drug-likeness (QED) is 0.419. The lowest BCUT2D eigenvalue weighted by Crippen LogP contribution is -2.68. The summed E-state index contributed by atoms with van der Waals surface area (Å²) in [5, 5.41) is 25.0. The molecule has 3 aliphatic rings. The Bertz CT molecular complexity index is 1110. The highest BCUT2D eigenvalue weighted by Gasteiger charge is 2.66. The maximum atomic E-state index is 13.6. The molecule has 0 radical (unpaired) electrons. The minimum absolute atomic E-state index is 0.00823. The van der Waals surface area contributed by atoms with Gasteiger partial charge in [0.05, 0.1) is 11.5 Å². The van der Waals surface area contributed by atoms with Crippen LogP contribution in [0.1, 0.15) is 34.3 Å². The monoisotopic (exact) mass is 457 g/mol. The number of carbonyl (C=O) groups excluding carboxylic acids is 5. The van der Waals surface area contributed by atoms with Gasteiger partial charge < -0.3 is 26.2 Å². The number of ketones is 4. The van der Waals surface area contributed by atoms with Gasteiger partial charge in [0.25, 0.3) is 0 Å². The summed E-state index contributed by atoms with van der Waals surface area (Å²) in [5.41, 5.74) is 4.35. The van der Waals surface area contributed by atoms with Crippen LogP contribution in [0.25, 0.3) is 0 Å². The molecular weight excluding hydrogens is 430 g/mol. The smallest absolute Gasteiger partial charge is 0.235 e. The number of phenols is 1. The molecule has 1 aromatic carbocycles. The Morgan fingerprint density at radius 2 is 1.88 bits per heavy atom. The number of fused-ring (bicyclic) bond motifs is 3. The highest BCUT2D eigenvalue weighted by atomic mass is 16.3. The molecule has 3 aliphatic carbocycles. The van der Waals surface area contributed by atoms with Crippen LogP contribution < -0.4 is 16.0 Å². The van der Waals surface area contributed by atoms with Crippen LogP contribution in [0.5, 0.6) is 5.75 Å². The third-order valence-corrected chi connectivity index (χ3v) is 7.31. The van der Waals surface area contributed by atoms with Crippen LogP contribution in [-0.4, -0.2) is 66.0 Å². The van der Waals surface area contributed by atoms with Crippen LogP contribution in [0.4, 0.5) is 5.69 Å². The first-order valence-corrected chi connectivity index (χ1v) is 10.8. The lowest BCUT2D eigenvalue weighted by molar-refractivity contribution is -0.175. The Hall–Kier alpha value is -3.11. The van der Waals surface area contributed by atoms with E-state index in [1.54, 1.807) is 27.2 Å². The number of rotatable bonds is 4. The maximum absolute atomic E-state index is 13.6. The number of carbonyl (C=O) groups is 5. The fourth-order valence-electron chi connectivity index (χ4n) is 5.79. The first-order chi connectivity index (χ1) is 15.4. The van der Waals surface area contributed by atoms with Crippen molar-refractivity contribution < 1.29 is 34.2 Å². The number of nitrogens with zero attached hydrogens (tertiary/aromatic N) is 1. The summed E-state index contributed by atoms with van der Waals surface area (Å²) in [6.07, 6.45) is -0.0156. The largest absolute Gasteiger partial charge is 0.507 e. The topological polar surface area (TPSA) is 167 Å². The Balaban J connectivity index is 1.85. The van der Waals surface area contributed by atoms with E-state index in [9.17, 15) is 34.2 Å². The van der Waals surface area contributed by atoms with Crippen molar-refractivity contribution in [3.8, 4) is 5.75 Å². The maximum Gasteiger partial charge on any atom is 0.235 e. The van der Waals surface area contributed by atoms with Crippen LogP contribution in [0, 0.1) is 23.7 Å². The van der Waals surface area contributed by atoms with Gasteiger partial charge in [0.15, 0.2) is 34.7 Å². The van der Waals surface area contributed by atoms with E-state index < -0.39 is 58.3 Å². The van der Waals surface area contributed by atoms with Crippen LogP contribution in [0.2, 0.25) is 0 Å². The number of Topliss-reactive ketones (excluding diaryl/α,β-unsaturated/α-hetero) is 4. The number of nitrogens with two attached hydrogens (primary N) is 1. The molecule has 2 unspecified atom stereocenters. The lowest BCUT2D eigenvalue weighted by Gasteiger charge is -2.48. The molecule has 5 atom stereocenters. The predicted molar refractivity (Wildman–Crippen MR) is 116 cm³/mol. The summed E-state index contributed by atoms with van der Waals surface area (Å²) in [7, 11) is 5.30. The zero-order chi connectivity index (χ0) is 24.4. The van der Waals surface area contributed by atoms with Crippen molar-refractivity contribution in [2.24, 2.45) is 29.4 Å². The molecule has 4 rings (SSSR count). The molecule has 0 aliphatic heterocycles. The number of benzene rings is 1. The second-order valence-corrected chi connectivity index (χ2v) is 9.42. The van der Waals surface area contributed by atoms with Crippen molar-refractivity contribution in [2.75, 3.05) is 26.0 Å². The average Bonchev–Trinajstić information content (AvgIpc) is 2.72. The number of aliphatic hydroxyl groups is 1. The molecule has 0 bridgehead atoms. The molecule has 0 spiro atoms. The van der Waals surface area contributed by atoms with Crippen LogP contribution in [0.15, 0.2) is 6.07 Å². The second-order valence-electron chi connectivity index (χ2n) is 9.42. The van der Waals surface area contributed by atoms with Gasteiger partial charge in [-0.15, -0.1) is 0 Å². The summed E-state index contributed by atoms with van der Waals surface area (Å²) >= 11 is 0. The van der Waals surface area contributed by atoms with Gasteiger partial charge in [-0.05, 0) is 37.4 Å². The van der Waals surface area contributed by atoms with Gasteiger partial charge in [-0.1, -0.05) is 0 Å². The van der Waals surface area contributed by atoms with Gasteiger partial charge in [0.2, 0.25) is 5.91 Å². The molecule has 2 fully saturated rings. The molecule has 0 saturated heterocycles. The summed E-state index contributed by atoms with van der Waals surface area (Å²) < 4.78 is 0. The molecule has 1 aromatic rings. The molecule has 10 heteroatoms. The molecule has 0 aromatic heterocycles. The van der Waals surface area contributed by atoms with Crippen molar-refractivity contribution in [2.45, 2.75) is 31.4 Å². The molecule has 33 heavy (non-hydrogen) atoms. The van der Waals surface area contributed by atoms with E-state index in [-0.39, 0.29) is 37.1 Å². The first-order valence-electron chi connectivity index (χ1n) is 10.8. The van der Waals surface area contributed by atoms with Gasteiger partial charge in [-0.3, -0.25) is 24.0 Å². The van der Waals surface area contributed by atoms with E-state index in [0.717, 1.165) is 5.69 Å². The highest BCUT2D eigenvalue weighted by Crippen LogP contribution is 2.51. The number of hydrogen-bond donors (Lipinski definition) is 4. The van der Waals surface area contributed by atoms with E-state index in [4.69, 9.17) is 5.73 Å². The van der Waals surface area contributed by atoms with Crippen LogP contribution in [-0.2, 0) is 32.1 Å². The SMILES string of the molecule is CNCc1cc(N(C)C)c2c(c1O)C(=O)C1C(=O)[C@]3(O)C(=O)C(C(N)=O)C(=O)C[C@@H]3C[C@@H]1C2. The molecule has 1 amide bonds. The fraction of sp³-hybridized carbons (Fsp3) is 0.522. The molecule has 0 heterocycles. The highest BCUT2D eigenvalue weighted by molar-refractivity contribution is 6.31. The molecule has 2 saturated carbocycles. The molecule has 5 N–H and O–H groups in total. The van der Waals surface area contributed by atoms with Crippen molar-refractivity contribution in [3.05, 3.63) is 22.8 Å². The normalized spacial score (nSPS) is 31.0. The fourth-order valence-corrected chi connectivity index (χ4v) is 5.79. The Kier molecular flexibility index (Phi) is 5.41. The summed E-state index contributed by atoms with van der Waals surface area (Å²) in [4.78, 5) is 66.0. The Morgan fingerprint density at radius 1 is 1.21 bits per heavy atom. The van der Waals surface area contributed by atoms with Gasteiger partial charge in [-0.2, -0.15) is 0 Å². The second kappa shape index (κ2) is 7.74. The van der Waals surface area contributed by atoms with Gasteiger partial charge >= 0.3 is 0 Å². The Labute approximate surface area is 190 Å². The van der Waals surface area contributed by atoms with E-state index in [1.165, 1.54) is 0 Å². The van der Waals surface area contributed by atoms with Crippen molar-refractivity contribution >= 4 is 34.7 Å². The minimum Gasteiger partial charge on any atom is -0.507 e. The molecule has 10 nitrogen and oxygen atoms in total. The van der Waals surface area contributed by atoms with Gasteiger partial charge in [-0.25, -0.2) is 0 Å². The van der Waals surface area contributed by atoms with E-state index in [0.29, 0.717) is 11.1 Å². The predicted octanol–water partition coefficient (Wildman–Crippen LogP) is -0.888. The molecule has 176 valence electrons. The zero-order valence-electron chi connectivity index (χ0n) is 18.7. The Morgan fingerprint density at radius 3 is 2.45 bits per heavy atom. The average molecular weight is 457 g/mol. The standard InChI is InChI=1S/C23H27N3O7/c1-25-8-10-6-13(26(2)3)12-5-9-4-11-7-14(27)17(22(24)32)21(31)23(11,33)20(30)15(9)19(29)16(12)18(10)28/h6,9,11,15,17,25,28,33H,4-5,7-8H2,1-3H3,(H2,24,32)/t9-,11+,15?,17?,23+/m1/s1. The number of hydrogen-bond acceptors (Lipinski definition) is 9. The number of amides is 1. The van der Waals surface area contributed by atoms with Crippen molar-refractivity contribution in [3.63, 3.8) is 0 Å². The number of nitrogens with one attached hydrogen (secondary N) is 1. The van der Waals surface area contributed by atoms with Crippen LogP contribution >= 0.6 is 0 Å². The number of primary amides is 1. The summed E-state index contributed by atoms with van der Waals surface area (Å²) in [6, 6.07) is 1.78. The minimum atomic E-state index is -2.63. The third kappa shape index (κ3) is 3.12. The molecular formula is C23H27N3O7. The van der Waals surface area contributed by atoms with Crippen LogP contribution in [0.3, 0.4) is 0 Å².